The largest absolute Gasteiger partial charge is 0.323 e. The first kappa shape index (κ1) is 12.9. The van der Waals surface area contributed by atoms with Crippen molar-refractivity contribution in [1.82, 2.24) is 4.98 Å². The van der Waals surface area contributed by atoms with Crippen LogP contribution >= 0.6 is 23.2 Å². The van der Waals surface area contributed by atoms with E-state index in [1.807, 2.05) is 6.92 Å². The van der Waals surface area contributed by atoms with E-state index < -0.39 is 0 Å². The van der Waals surface area contributed by atoms with Crippen molar-refractivity contribution in [2.24, 2.45) is 29.6 Å². The predicted molar refractivity (Wildman–Crippen MR) is 78.9 cm³/mol. The number of hydrogen-bond donors (Lipinski definition) is 1. The summed E-state index contributed by atoms with van der Waals surface area (Å²) in [4.78, 5) is 16.5. The Morgan fingerprint density at radius 2 is 1.95 bits per heavy atom. The third kappa shape index (κ3) is 1.79. The van der Waals surface area contributed by atoms with E-state index >= 15 is 0 Å². The number of nitrogens with zero attached hydrogens (tertiary/aromatic N) is 1. The normalized spacial score (nSPS) is 36.9. The standard InChI is InChI=1S/C15H16Cl2N2O/c1-6-4-9(16)18-14(17)13(6)19-15(20)12-10-7-2-3-8(5-7)11(10)12/h4,7-8,10-12H,2-3,5H2,1H3,(H,19,20). The van der Waals surface area contributed by atoms with Gasteiger partial charge in [-0.15, -0.1) is 0 Å². The summed E-state index contributed by atoms with van der Waals surface area (Å²) in [7, 11) is 0. The monoisotopic (exact) mass is 310 g/mol. The van der Waals surface area contributed by atoms with Gasteiger partial charge < -0.3 is 5.32 Å². The SMILES string of the molecule is Cc1cc(Cl)nc(Cl)c1NC(=O)C1C2C3CCC(C3)C12. The highest BCUT2D eigenvalue weighted by Gasteiger charge is 2.67. The van der Waals surface area contributed by atoms with Crippen LogP contribution in [0.1, 0.15) is 24.8 Å². The maximum Gasteiger partial charge on any atom is 0.228 e. The lowest BCUT2D eigenvalue weighted by molar-refractivity contribution is -0.118. The van der Waals surface area contributed by atoms with Gasteiger partial charge in [0.25, 0.3) is 0 Å². The maximum atomic E-state index is 12.5. The number of aryl methyl sites for hydroxylation is 1. The highest BCUT2D eigenvalue weighted by molar-refractivity contribution is 6.34. The number of pyridine rings is 1. The number of carbonyl (C=O) groups is 1. The number of amides is 1. The number of fused-ring (bicyclic) bond motifs is 5. The van der Waals surface area contributed by atoms with Crippen molar-refractivity contribution in [3.63, 3.8) is 0 Å². The molecule has 0 saturated heterocycles. The van der Waals surface area contributed by atoms with Crippen LogP contribution in [0.3, 0.4) is 0 Å². The Morgan fingerprint density at radius 3 is 2.55 bits per heavy atom. The van der Waals surface area contributed by atoms with Crippen LogP contribution in [0.25, 0.3) is 0 Å². The number of rotatable bonds is 2. The Hall–Kier alpha value is -0.800. The Balaban J connectivity index is 1.52. The molecule has 0 radical (unpaired) electrons. The molecule has 0 aromatic carbocycles. The molecular formula is C15H16Cl2N2O. The fourth-order valence-electron chi connectivity index (χ4n) is 4.63. The Kier molecular flexibility index (Phi) is 2.80. The van der Waals surface area contributed by atoms with Crippen LogP contribution in [-0.2, 0) is 4.79 Å². The van der Waals surface area contributed by atoms with Gasteiger partial charge in [0.2, 0.25) is 5.91 Å². The van der Waals surface area contributed by atoms with Crippen molar-refractivity contribution in [2.45, 2.75) is 26.2 Å². The summed E-state index contributed by atoms with van der Waals surface area (Å²) in [6, 6.07) is 1.72. The van der Waals surface area contributed by atoms with E-state index in [1.54, 1.807) is 6.07 Å². The first-order valence-electron chi connectivity index (χ1n) is 7.19. The summed E-state index contributed by atoms with van der Waals surface area (Å²) < 4.78 is 0. The van der Waals surface area contributed by atoms with E-state index in [9.17, 15) is 4.79 Å². The second-order valence-corrected chi connectivity index (χ2v) is 7.18. The summed E-state index contributed by atoms with van der Waals surface area (Å²) >= 11 is 11.9. The number of nitrogens with one attached hydrogen (secondary N) is 1. The summed E-state index contributed by atoms with van der Waals surface area (Å²) in [6.45, 7) is 1.88. The molecule has 4 rings (SSSR count). The first-order valence-corrected chi connectivity index (χ1v) is 7.95. The molecule has 4 unspecified atom stereocenters. The van der Waals surface area contributed by atoms with Crippen molar-refractivity contribution in [3.8, 4) is 0 Å². The molecule has 20 heavy (non-hydrogen) atoms. The van der Waals surface area contributed by atoms with Gasteiger partial charge in [0.05, 0.1) is 5.69 Å². The maximum absolute atomic E-state index is 12.5. The lowest BCUT2D eigenvalue weighted by Crippen LogP contribution is -2.19. The van der Waals surface area contributed by atoms with Crippen LogP contribution in [-0.4, -0.2) is 10.9 Å². The molecule has 1 N–H and O–H groups in total. The molecule has 1 aromatic heterocycles. The molecule has 0 spiro atoms. The molecule has 106 valence electrons. The number of halogens is 2. The Bertz CT molecular complexity index is 565. The molecule has 3 aliphatic rings. The molecule has 4 atom stereocenters. The molecule has 3 nitrogen and oxygen atoms in total. The van der Waals surface area contributed by atoms with E-state index in [0.717, 1.165) is 17.4 Å². The van der Waals surface area contributed by atoms with Gasteiger partial charge in [-0.3, -0.25) is 4.79 Å². The highest BCUT2D eigenvalue weighted by atomic mass is 35.5. The molecule has 2 bridgehead atoms. The third-order valence-electron chi connectivity index (χ3n) is 5.43. The van der Waals surface area contributed by atoms with Crippen molar-refractivity contribution in [3.05, 3.63) is 21.9 Å². The zero-order valence-corrected chi connectivity index (χ0v) is 12.7. The van der Waals surface area contributed by atoms with E-state index in [0.29, 0.717) is 22.7 Å². The Labute approximate surface area is 128 Å². The average molecular weight is 311 g/mol. The molecule has 5 heteroatoms. The highest BCUT2D eigenvalue weighted by Crippen LogP contribution is 2.69. The van der Waals surface area contributed by atoms with Gasteiger partial charge in [0.15, 0.2) is 5.15 Å². The fraction of sp³-hybridized carbons (Fsp3) is 0.600. The van der Waals surface area contributed by atoms with Crippen LogP contribution in [0.4, 0.5) is 5.69 Å². The van der Waals surface area contributed by atoms with Gasteiger partial charge in [0, 0.05) is 5.92 Å². The summed E-state index contributed by atoms with van der Waals surface area (Å²) in [5, 5.41) is 3.60. The lowest BCUT2D eigenvalue weighted by atomic mass is 10.0. The molecule has 1 heterocycles. The minimum absolute atomic E-state index is 0.116. The number of aromatic nitrogens is 1. The summed E-state index contributed by atoms with van der Waals surface area (Å²) in [6.07, 6.45) is 3.98. The van der Waals surface area contributed by atoms with E-state index in [1.165, 1.54) is 19.3 Å². The fourth-order valence-corrected chi connectivity index (χ4v) is 5.21. The minimum Gasteiger partial charge on any atom is -0.323 e. The lowest BCUT2D eigenvalue weighted by Gasteiger charge is -2.12. The molecular weight excluding hydrogens is 295 g/mol. The van der Waals surface area contributed by atoms with E-state index in [4.69, 9.17) is 23.2 Å². The van der Waals surface area contributed by atoms with Gasteiger partial charge in [-0.05, 0) is 61.5 Å². The van der Waals surface area contributed by atoms with Crippen LogP contribution < -0.4 is 5.32 Å². The van der Waals surface area contributed by atoms with Gasteiger partial charge in [-0.25, -0.2) is 4.98 Å². The van der Waals surface area contributed by atoms with E-state index in [-0.39, 0.29) is 17.0 Å². The van der Waals surface area contributed by atoms with Gasteiger partial charge in [0.1, 0.15) is 5.15 Å². The van der Waals surface area contributed by atoms with Crippen LogP contribution in [0, 0.1) is 36.5 Å². The van der Waals surface area contributed by atoms with Crippen molar-refractivity contribution < 1.29 is 4.79 Å². The number of hydrogen-bond acceptors (Lipinski definition) is 2. The molecule has 3 aliphatic carbocycles. The van der Waals surface area contributed by atoms with E-state index in [2.05, 4.69) is 10.3 Å². The third-order valence-corrected chi connectivity index (χ3v) is 5.89. The molecule has 3 fully saturated rings. The van der Waals surface area contributed by atoms with Gasteiger partial charge >= 0.3 is 0 Å². The Morgan fingerprint density at radius 1 is 1.30 bits per heavy atom. The van der Waals surface area contributed by atoms with Crippen LogP contribution in [0.5, 0.6) is 0 Å². The number of anilines is 1. The molecule has 1 amide bonds. The minimum atomic E-state index is 0.116. The van der Waals surface area contributed by atoms with Crippen LogP contribution in [0.15, 0.2) is 6.07 Å². The molecule has 3 saturated carbocycles. The zero-order valence-electron chi connectivity index (χ0n) is 11.2. The van der Waals surface area contributed by atoms with Crippen LogP contribution in [0.2, 0.25) is 10.3 Å². The van der Waals surface area contributed by atoms with Crippen molar-refractivity contribution in [1.29, 1.82) is 0 Å². The van der Waals surface area contributed by atoms with Crippen molar-refractivity contribution >= 4 is 34.8 Å². The number of carbonyl (C=O) groups excluding carboxylic acids is 1. The topological polar surface area (TPSA) is 42.0 Å². The first-order chi connectivity index (χ1) is 9.56. The van der Waals surface area contributed by atoms with Crippen molar-refractivity contribution in [2.75, 3.05) is 5.32 Å². The molecule has 0 aliphatic heterocycles. The average Bonchev–Trinajstić information content (AvgIpc) is 2.82. The summed E-state index contributed by atoms with van der Waals surface area (Å²) in [5.41, 5.74) is 1.47. The smallest absolute Gasteiger partial charge is 0.228 e. The quantitative estimate of drug-likeness (QED) is 0.841. The second-order valence-electron chi connectivity index (χ2n) is 6.43. The van der Waals surface area contributed by atoms with Gasteiger partial charge in [-0.1, -0.05) is 23.2 Å². The summed E-state index contributed by atoms with van der Waals surface area (Å²) in [5.74, 6) is 3.17. The molecule has 1 aromatic rings. The predicted octanol–water partition coefficient (Wildman–Crippen LogP) is 3.93. The second kappa shape index (κ2) is 4.35. The van der Waals surface area contributed by atoms with Gasteiger partial charge in [-0.2, -0.15) is 0 Å². The zero-order chi connectivity index (χ0) is 14.0.